The van der Waals surface area contributed by atoms with Crippen LogP contribution in [0.4, 0.5) is 0 Å². The second-order valence-electron chi connectivity index (χ2n) is 8.19. The van der Waals surface area contributed by atoms with Crippen LogP contribution in [-0.2, 0) is 15.9 Å². The van der Waals surface area contributed by atoms with E-state index >= 15 is 0 Å². The molecule has 0 aliphatic carbocycles. The molecule has 1 aromatic carbocycles. The van der Waals surface area contributed by atoms with Crippen molar-refractivity contribution in [1.82, 2.24) is 4.90 Å². The molecule has 0 bridgehead atoms. The lowest BCUT2D eigenvalue weighted by atomic mass is 9.77. The predicted molar refractivity (Wildman–Crippen MR) is 102 cm³/mol. The first-order valence-corrected chi connectivity index (χ1v) is 9.29. The molecule has 1 N–H and O–H groups in total. The summed E-state index contributed by atoms with van der Waals surface area (Å²) in [7, 11) is -0.503. The van der Waals surface area contributed by atoms with Gasteiger partial charge in [0, 0.05) is 6.54 Å². The van der Waals surface area contributed by atoms with Crippen LogP contribution in [0.2, 0.25) is 0 Å². The van der Waals surface area contributed by atoms with Crippen molar-refractivity contribution in [3.63, 3.8) is 0 Å². The van der Waals surface area contributed by atoms with Gasteiger partial charge in [-0.15, -0.1) is 0 Å². The fraction of sp³-hybridized carbons (Fsp3) is 0.600. The topological polar surface area (TPSA) is 41.9 Å². The SMILES string of the molecule is CC1(C)OB(C(=Cc2cccc(CN3CCCC3)c2)CO)OC1(C)C. The molecule has 0 unspecified atom stereocenters. The minimum atomic E-state index is -0.503. The van der Waals surface area contributed by atoms with Crippen LogP contribution >= 0.6 is 0 Å². The number of nitrogens with zero attached hydrogens (tertiary/aromatic N) is 1. The van der Waals surface area contributed by atoms with E-state index in [-0.39, 0.29) is 6.61 Å². The van der Waals surface area contributed by atoms with Crippen LogP contribution in [0, 0.1) is 0 Å². The molecule has 25 heavy (non-hydrogen) atoms. The predicted octanol–water partition coefficient (Wildman–Crippen LogP) is 3.29. The summed E-state index contributed by atoms with van der Waals surface area (Å²) in [6, 6.07) is 8.51. The fourth-order valence-electron chi connectivity index (χ4n) is 3.38. The molecular formula is C20H30BNO3. The number of benzene rings is 1. The summed E-state index contributed by atoms with van der Waals surface area (Å²) in [5.74, 6) is 0. The van der Waals surface area contributed by atoms with Crippen molar-refractivity contribution in [2.75, 3.05) is 19.7 Å². The number of likely N-dealkylation sites (tertiary alicyclic amines) is 1. The second-order valence-corrected chi connectivity index (χ2v) is 8.19. The first-order valence-electron chi connectivity index (χ1n) is 9.29. The maximum absolute atomic E-state index is 9.85. The Hall–Kier alpha value is -1.14. The van der Waals surface area contributed by atoms with Gasteiger partial charge >= 0.3 is 7.12 Å². The van der Waals surface area contributed by atoms with Gasteiger partial charge < -0.3 is 14.4 Å². The van der Waals surface area contributed by atoms with E-state index in [2.05, 4.69) is 29.2 Å². The summed E-state index contributed by atoms with van der Waals surface area (Å²) >= 11 is 0. The highest BCUT2D eigenvalue weighted by Crippen LogP contribution is 2.38. The van der Waals surface area contributed by atoms with Crippen LogP contribution < -0.4 is 0 Å². The van der Waals surface area contributed by atoms with E-state index < -0.39 is 18.3 Å². The van der Waals surface area contributed by atoms with E-state index in [1.807, 2.05) is 33.8 Å². The maximum Gasteiger partial charge on any atom is 0.492 e. The van der Waals surface area contributed by atoms with Crippen molar-refractivity contribution >= 4 is 13.2 Å². The largest absolute Gasteiger partial charge is 0.492 e. The molecule has 4 nitrogen and oxygen atoms in total. The van der Waals surface area contributed by atoms with E-state index in [0.29, 0.717) is 0 Å². The smallest absolute Gasteiger partial charge is 0.400 e. The third-order valence-corrected chi connectivity index (χ3v) is 5.65. The number of rotatable bonds is 5. The Kier molecular flexibility index (Phi) is 5.40. The molecule has 0 atom stereocenters. The molecule has 0 radical (unpaired) electrons. The Morgan fingerprint density at radius 2 is 1.80 bits per heavy atom. The van der Waals surface area contributed by atoms with Gasteiger partial charge in [0.15, 0.2) is 0 Å². The third kappa shape index (κ3) is 4.17. The van der Waals surface area contributed by atoms with Gasteiger partial charge in [-0.2, -0.15) is 0 Å². The molecule has 2 aliphatic heterocycles. The lowest BCUT2D eigenvalue weighted by molar-refractivity contribution is 0.00578. The first-order chi connectivity index (χ1) is 11.8. The molecule has 2 saturated heterocycles. The average Bonchev–Trinajstić information content (AvgIpc) is 3.11. The molecule has 136 valence electrons. The van der Waals surface area contributed by atoms with Gasteiger partial charge in [0.25, 0.3) is 0 Å². The molecule has 0 spiro atoms. The van der Waals surface area contributed by atoms with Gasteiger partial charge in [0.05, 0.1) is 17.8 Å². The van der Waals surface area contributed by atoms with Crippen molar-refractivity contribution in [3.8, 4) is 0 Å². The molecule has 3 rings (SSSR count). The molecule has 2 heterocycles. The van der Waals surface area contributed by atoms with Gasteiger partial charge in [-0.25, -0.2) is 0 Å². The first kappa shape index (κ1) is 18.6. The Bertz CT molecular complexity index is 620. The van der Waals surface area contributed by atoms with Crippen molar-refractivity contribution in [2.45, 2.75) is 58.3 Å². The van der Waals surface area contributed by atoms with E-state index in [1.165, 1.54) is 31.5 Å². The number of aliphatic hydroxyl groups excluding tert-OH is 1. The monoisotopic (exact) mass is 343 g/mol. The third-order valence-electron chi connectivity index (χ3n) is 5.65. The lowest BCUT2D eigenvalue weighted by Crippen LogP contribution is -2.41. The van der Waals surface area contributed by atoms with Crippen LogP contribution in [0.5, 0.6) is 0 Å². The molecule has 2 fully saturated rings. The Balaban J connectivity index is 1.76. The summed E-state index contributed by atoms with van der Waals surface area (Å²) in [5.41, 5.74) is 2.35. The number of hydrogen-bond donors (Lipinski definition) is 1. The van der Waals surface area contributed by atoms with Gasteiger partial charge in [-0.05, 0) is 70.2 Å². The maximum atomic E-state index is 9.85. The van der Waals surface area contributed by atoms with Gasteiger partial charge in [-0.3, -0.25) is 4.90 Å². The summed E-state index contributed by atoms with van der Waals surface area (Å²) in [6.07, 6.45) is 4.60. The molecule has 0 amide bonds. The van der Waals surface area contributed by atoms with Crippen LogP contribution in [0.3, 0.4) is 0 Å². The normalized spacial score (nSPS) is 23.4. The average molecular weight is 343 g/mol. The lowest BCUT2D eigenvalue weighted by Gasteiger charge is -2.32. The highest BCUT2D eigenvalue weighted by atomic mass is 16.7. The quantitative estimate of drug-likeness (QED) is 0.833. The zero-order valence-corrected chi connectivity index (χ0v) is 15.9. The van der Waals surface area contributed by atoms with E-state index in [9.17, 15) is 5.11 Å². The van der Waals surface area contributed by atoms with Crippen molar-refractivity contribution in [3.05, 3.63) is 40.9 Å². The van der Waals surface area contributed by atoms with Crippen LogP contribution in [-0.4, -0.2) is 48.0 Å². The Labute approximate surface area is 152 Å². The molecule has 2 aliphatic rings. The zero-order chi connectivity index (χ0) is 18.1. The van der Waals surface area contributed by atoms with Crippen molar-refractivity contribution in [2.24, 2.45) is 0 Å². The number of aliphatic hydroxyl groups is 1. The summed E-state index contributed by atoms with van der Waals surface area (Å²) in [5, 5.41) is 9.85. The van der Waals surface area contributed by atoms with Gasteiger partial charge in [-0.1, -0.05) is 30.3 Å². The summed E-state index contributed by atoms with van der Waals surface area (Å²) < 4.78 is 12.1. The summed E-state index contributed by atoms with van der Waals surface area (Å²) in [6.45, 7) is 11.4. The van der Waals surface area contributed by atoms with Crippen LogP contribution in [0.15, 0.2) is 29.7 Å². The van der Waals surface area contributed by atoms with Gasteiger partial charge in [0.2, 0.25) is 0 Å². The number of hydrogen-bond acceptors (Lipinski definition) is 4. The minimum absolute atomic E-state index is 0.0762. The molecule has 0 aromatic heterocycles. The van der Waals surface area contributed by atoms with Crippen LogP contribution in [0.1, 0.15) is 51.7 Å². The molecule has 5 heteroatoms. The van der Waals surface area contributed by atoms with Crippen LogP contribution in [0.25, 0.3) is 6.08 Å². The zero-order valence-electron chi connectivity index (χ0n) is 15.9. The fourth-order valence-corrected chi connectivity index (χ4v) is 3.38. The highest BCUT2D eigenvalue weighted by molar-refractivity contribution is 6.55. The molecule has 1 aromatic rings. The minimum Gasteiger partial charge on any atom is -0.400 e. The van der Waals surface area contributed by atoms with E-state index in [4.69, 9.17) is 9.31 Å². The highest BCUT2D eigenvalue weighted by Gasteiger charge is 2.52. The van der Waals surface area contributed by atoms with E-state index in [1.54, 1.807) is 0 Å². The summed E-state index contributed by atoms with van der Waals surface area (Å²) in [4.78, 5) is 2.49. The van der Waals surface area contributed by atoms with Crippen molar-refractivity contribution in [1.29, 1.82) is 0 Å². The second kappa shape index (κ2) is 7.24. The van der Waals surface area contributed by atoms with E-state index in [0.717, 1.165) is 17.6 Å². The Morgan fingerprint density at radius 3 is 2.40 bits per heavy atom. The Morgan fingerprint density at radius 1 is 1.16 bits per heavy atom. The van der Waals surface area contributed by atoms with Gasteiger partial charge in [0.1, 0.15) is 0 Å². The standard InChI is InChI=1S/C20H30BNO3/c1-19(2)20(3,4)25-21(24-19)18(15-23)13-16-8-7-9-17(12-16)14-22-10-5-6-11-22/h7-9,12-13,23H,5-6,10-11,14-15H2,1-4H3. The van der Waals surface area contributed by atoms with Crippen molar-refractivity contribution < 1.29 is 14.4 Å². The molecular weight excluding hydrogens is 313 g/mol. The molecule has 0 saturated carbocycles.